The Kier molecular flexibility index (Phi) is 3.63. The Hall–Kier alpha value is -1.95. The van der Waals surface area contributed by atoms with Gasteiger partial charge in [0.05, 0.1) is 0 Å². The number of nitrogens with one attached hydrogen (secondary N) is 1. The average Bonchev–Trinajstić information content (AvgIpc) is 2.86. The fourth-order valence-corrected chi connectivity index (χ4v) is 2.60. The molecule has 0 radical (unpaired) electrons. The molecule has 1 unspecified atom stereocenters. The summed E-state index contributed by atoms with van der Waals surface area (Å²) in [4.78, 5) is 12.1. The maximum absolute atomic E-state index is 13.7. The van der Waals surface area contributed by atoms with Crippen LogP contribution >= 0.6 is 15.9 Å². The van der Waals surface area contributed by atoms with Gasteiger partial charge in [-0.2, -0.15) is 0 Å². The molecule has 21 heavy (non-hydrogen) atoms. The van der Waals surface area contributed by atoms with Crippen molar-refractivity contribution in [2.75, 3.05) is 5.32 Å². The molecule has 6 heteroatoms. The molecule has 1 N–H and O–H groups in total. The monoisotopic (exact) mass is 353 g/mol. The quantitative estimate of drug-likeness (QED) is 0.894. The van der Waals surface area contributed by atoms with Gasteiger partial charge in [-0.1, -0.05) is 34.1 Å². The number of benzene rings is 2. The van der Waals surface area contributed by atoms with Gasteiger partial charge < -0.3 is 10.1 Å². The number of para-hydroxylation sites is 1. The first-order valence-electron chi connectivity index (χ1n) is 6.24. The van der Waals surface area contributed by atoms with Gasteiger partial charge in [-0.05, 0) is 23.8 Å². The van der Waals surface area contributed by atoms with E-state index in [4.69, 9.17) is 4.74 Å². The Morgan fingerprint density at radius 1 is 1.24 bits per heavy atom. The van der Waals surface area contributed by atoms with Gasteiger partial charge in [0.25, 0.3) is 5.91 Å². The van der Waals surface area contributed by atoms with E-state index in [-0.39, 0.29) is 4.47 Å². The topological polar surface area (TPSA) is 38.3 Å². The third-order valence-electron chi connectivity index (χ3n) is 3.19. The minimum Gasteiger partial charge on any atom is -0.480 e. The second-order valence-electron chi connectivity index (χ2n) is 4.65. The molecule has 108 valence electrons. The van der Waals surface area contributed by atoms with E-state index >= 15 is 0 Å². The minimum atomic E-state index is -0.842. The lowest BCUT2D eigenvalue weighted by Gasteiger charge is -2.12. The zero-order chi connectivity index (χ0) is 15.0. The van der Waals surface area contributed by atoms with E-state index in [2.05, 4.69) is 21.2 Å². The van der Waals surface area contributed by atoms with E-state index in [0.29, 0.717) is 12.2 Å². The van der Waals surface area contributed by atoms with E-state index in [0.717, 1.165) is 17.7 Å². The summed E-state index contributed by atoms with van der Waals surface area (Å²) in [5.41, 5.74) is 0.428. The Labute approximate surface area is 128 Å². The molecule has 0 bridgehead atoms. The fourth-order valence-electron chi connectivity index (χ4n) is 2.19. The van der Waals surface area contributed by atoms with Crippen LogP contribution in [0, 0.1) is 11.6 Å². The van der Waals surface area contributed by atoms with Crippen LogP contribution < -0.4 is 10.1 Å². The number of rotatable bonds is 2. The number of carbonyl (C=O) groups is 1. The van der Waals surface area contributed by atoms with Crippen LogP contribution in [0.25, 0.3) is 0 Å². The van der Waals surface area contributed by atoms with Gasteiger partial charge in [-0.3, -0.25) is 4.79 Å². The number of ether oxygens (including phenoxy) is 1. The highest BCUT2D eigenvalue weighted by Crippen LogP contribution is 2.29. The molecule has 3 rings (SSSR count). The molecule has 1 aliphatic heterocycles. The van der Waals surface area contributed by atoms with Crippen molar-refractivity contribution in [1.82, 2.24) is 0 Å². The van der Waals surface area contributed by atoms with E-state index < -0.39 is 29.3 Å². The zero-order valence-electron chi connectivity index (χ0n) is 10.7. The summed E-state index contributed by atoms with van der Waals surface area (Å²) in [7, 11) is 0. The van der Waals surface area contributed by atoms with Gasteiger partial charge in [0.2, 0.25) is 0 Å². The number of hydrogen-bond acceptors (Lipinski definition) is 2. The highest BCUT2D eigenvalue weighted by Gasteiger charge is 2.29. The van der Waals surface area contributed by atoms with Crippen LogP contribution in [0.4, 0.5) is 14.5 Å². The Morgan fingerprint density at radius 2 is 1.90 bits per heavy atom. The lowest BCUT2D eigenvalue weighted by Crippen LogP contribution is -2.32. The van der Waals surface area contributed by atoms with E-state index in [1.165, 1.54) is 0 Å². The second-order valence-corrected chi connectivity index (χ2v) is 5.57. The van der Waals surface area contributed by atoms with Crippen molar-refractivity contribution in [3.63, 3.8) is 0 Å². The summed E-state index contributed by atoms with van der Waals surface area (Å²) in [6, 6.07) is 9.42. The Morgan fingerprint density at radius 3 is 2.57 bits per heavy atom. The van der Waals surface area contributed by atoms with Crippen LogP contribution in [0.15, 0.2) is 40.9 Å². The number of fused-ring (bicyclic) bond motifs is 1. The molecule has 2 aromatic rings. The van der Waals surface area contributed by atoms with Gasteiger partial charge >= 0.3 is 0 Å². The lowest BCUT2D eigenvalue weighted by molar-refractivity contribution is -0.122. The van der Waals surface area contributed by atoms with Crippen molar-refractivity contribution in [3.8, 4) is 5.75 Å². The van der Waals surface area contributed by atoms with E-state index in [1.807, 2.05) is 12.1 Å². The van der Waals surface area contributed by atoms with Gasteiger partial charge in [0.15, 0.2) is 17.7 Å². The van der Waals surface area contributed by atoms with Gasteiger partial charge in [0, 0.05) is 10.9 Å². The van der Waals surface area contributed by atoms with E-state index in [1.54, 1.807) is 12.1 Å². The standard InChI is InChI=1S/C15H10BrF2NO2/c16-9-6-10(17)14(11(18)7-9)19-15(20)13-5-8-3-1-2-4-12(8)21-13/h1-4,6-7,13H,5H2,(H,19,20). The Bertz CT molecular complexity index is 673. The van der Waals surface area contributed by atoms with Crippen LogP contribution in [0.2, 0.25) is 0 Å². The van der Waals surface area contributed by atoms with Crippen molar-refractivity contribution < 1.29 is 18.3 Å². The molecule has 1 aliphatic rings. The van der Waals surface area contributed by atoms with Crippen molar-refractivity contribution >= 4 is 27.5 Å². The maximum atomic E-state index is 13.7. The fraction of sp³-hybridized carbons (Fsp3) is 0.133. The smallest absolute Gasteiger partial charge is 0.265 e. The van der Waals surface area contributed by atoms with Crippen LogP contribution in [0.1, 0.15) is 5.56 Å². The molecule has 2 aromatic carbocycles. The number of anilines is 1. The van der Waals surface area contributed by atoms with Gasteiger partial charge in [-0.15, -0.1) is 0 Å². The maximum Gasteiger partial charge on any atom is 0.265 e. The molecular formula is C15H10BrF2NO2. The first kappa shape index (κ1) is 14.0. The summed E-state index contributed by atoms with van der Waals surface area (Å²) in [5, 5.41) is 2.25. The SMILES string of the molecule is O=C(Nc1c(F)cc(Br)cc1F)C1Cc2ccccc2O1. The first-order valence-corrected chi connectivity index (χ1v) is 7.04. The predicted octanol–water partition coefficient (Wildman–Crippen LogP) is 3.67. The molecule has 0 fully saturated rings. The zero-order valence-corrected chi connectivity index (χ0v) is 12.3. The lowest BCUT2D eigenvalue weighted by atomic mass is 10.1. The van der Waals surface area contributed by atoms with Crippen molar-refractivity contribution in [2.45, 2.75) is 12.5 Å². The summed E-state index contributed by atoms with van der Waals surface area (Å²) in [6.45, 7) is 0. The highest BCUT2D eigenvalue weighted by atomic mass is 79.9. The molecule has 3 nitrogen and oxygen atoms in total. The largest absolute Gasteiger partial charge is 0.480 e. The number of carbonyl (C=O) groups excluding carboxylic acids is 1. The molecular weight excluding hydrogens is 344 g/mol. The third kappa shape index (κ3) is 2.76. The molecule has 0 saturated carbocycles. The molecule has 1 atom stereocenters. The van der Waals surface area contributed by atoms with E-state index in [9.17, 15) is 13.6 Å². The van der Waals surface area contributed by atoms with Gasteiger partial charge in [0.1, 0.15) is 11.4 Å². The number of amides is 1. The number of halogens is 3. The predicted molar refractivity (Wildman–Crippen MR) is 77.2 cm³/mol. The first-order chi connectivity index (χ1) is 10.0. The number of hydrogen-bond donors (Lipinski definition) is 1. The van der Waals surface area contributed by atoms with Crippen LogP contribution in [-0.2, 0) is 11.2 Å². The van der Waals surface area contributed by atoms with Gasteiger partial charge in [-0.25, -0.2) is 8.78 Å². The van der Waals surface area contributed by atoms with Crippen LogP contribution in [-0.4, -0.2) is 12.0 Å². The third-order valence-corrected chi connectivity index (χ3v) is 3.65. The highest BCUT2D eigenvalue weighted by molar-refractivity contribution is 9.10. The summed E-state index contributed by atoms with van der Waals surface area (Å²) in [5.74, 6) is -1.64. The molecule has 1 heterocycles. The molecule has 0 spiro atoms. The van der Waals surface area contributed by atoms with Crippen molar-refractivity contribution in [3.05, 3.63) is 58.1 Å². The summed E-state index contributed by atoms with van der Waals surface area (Å²) < 4.78 is 33.1. The molecule has 0 aliphatic carbocycles. The van der Waals surface area contributed by atoms with Crippen molar-refractivity contribution in [1.29, 1.82) is 0 Å². The summed E-state index contributed by atoms with van der Waals surface area (Å²) >= 11 is 2.98. The van der Waals surface area contributed by atoms with Crippen LogP contribution in [0.5, 0.6) is 5.75 Å². The molecule has 0 saturated heterocycles. The Balaban J connectivity index is 1.77. The van der Waals surface area contributed by atoms with Crippen LogP contribution in [0.3, 0.4) is 0 Å². The average molecular weight is 354 g/mol. The van der Waals surface area contributed by atoms with Crippen molar-refractivity contribution in [2.24, 2.45) is 0 Å². The second kappa shape index (κ2) is 5.44. The minimum absolute atomic E-state index is 0.264. The normalized spacial score (nSPS) is 16.2. The molecule has 0 aromatic heterocycles. The molecule has 1 amide bonds. The summed E-state index contributed by atoms with van der Waals surface area (Å²) in [6.07, 6.45) is -0.410.